The van der Waals surface area contributed by atoms with Crippen molar-refractivity contribution in [2.24, 2.45) is 0 Å². The molecular weight excluding hydrogens is 416 g/mol. The Labute approximate surface area is 160 Å². The number of halogens is 1. The molecule has 0 aliphatic carbocycles. The smallest absolute Gasteiger partial charge is 0.274 e. The molecule has 27 heavy (non-hydrogen) atoms. The zero-order valence-electron chi connectivity index (χ0n) is 14.5. The summed E-state index contributed by atoms with van der Waals surface area (Å²) in [5.41, 5.74) is 0.0800. The molecule has 1 unspecified atom stereocenters. The fourth-order valence-electron chi connectivity index (χ4n) is 2.78. The van der Waals surface area contributed by atoms with E-state index in [4.69, 9.17) is 11.6 Å². The average molecular weight is 431 g/mol. The van der Waals surface area contributed by atoms with Crippen LogP contribution in [0.1, 0.15) is 16.6 Å². The van der Waals surface area contributed by atoms with Crippen molar-refractivity contribution in [2.75, 3.05) is 12.5 Å². The lowest BCUT2D eigenvalue weighted by molar-refractivity contribution is 0.570. The second-order valence-electron chi connectivity index (χ2n) is 6.11. The predicted molar refractivity (Wildman–Crippen MR) is 99.5 cm³/mol. The third-order valence-electron chi connectivity index (χ3n) is 3.89. The van der Waals surface area contributed by atoms with Gasteiger partial charge in [-0.25, -0.2) is 21.8 Å². The van der Waals surface area contributed by atoms with Crippen LogP contribution < -0.4 is 5.56 Å². The fraction of sp³-hybridized carbons (Fsp3) is 0.267. The zero-order valence-corrected chi connectivity index (χ0v) is 16.9. The van der Waals surface area contributed by atoms with E-state index in [0.29, 0.717) is 11.3 Å². The van der Waals surface area contributed by atoms with Crippen molar-refractivity contribution in [3.63, 3.8) is 0 Å². The zero-order chi connectivity index (χ0) is 20.1. The first kappa shape index (κ1) is 19.5. The average Bonchev–Trinajstić information content (AvgIpc) is 2.97. The van der Waals surface area contributed by atoms with Crippen LogP contribution in [0.25, 0.3) is 5.65 Å². The molecule has 0 spiro atoms. The van der Waals surface area contributed by atoms with E-state index in [2.05, 4.69) is 10.1 Å². The van der Waals surface area contributed by atoms with Crippen LogP contribution in [0.15, 0.2) is 40.3 Å². The van der Waals surface area contributed by atoms with Gasteiger partial charge in [0, 0.05) is 42.1 Å². The summed E-state index contributed by atoms with van der Waals surface area (Å²) in [6.45, 7) is 1.55. The maximum atomic E-state index is 12.6. The van der Waals surface area contributed by atoms with Crippen LogP contribution in [0, 0.1) is 6.92 Å². The quantitative estimate of drug-likeness (QED) is 0.562. The second kappa shape index (κ2) is 6.43. The highest BCUT2D eigenvalue weighted by atomic mass is 35.5. The van der Waals surface area contributed by atoms with Gasteiger partial charge in [0.1, 0.15) is 10.8 Å². The SMILES string of the molecule is Cc1cc(=O)n2nc(S(C)(=O)=O)cc2n1C(c1ccc(Cl)nc1)S(C)(=O)=O. The van der Waals surface area contributed by atoms with Crippen molar-refractivity contribution in [3.05, 3.63) is 57.2 Å². The Hall–Kier alpha value is -2.24. The third kappa shape index (κ3) is 3.62. The number of aromatic nitrogens is 4. The Morgan fingerprint density at radius 1 is 1.11 bits per heavy atom. The van der Waals surface area contributed by atoms with Crippen LogP contribution in [-0.4, -0.2) is 48.5 Å². The first-order chi connectivity index (χ1) is 12.4. The lowest BCUT2D eigenvalue weighted by Gasteiger charge is -2.22. The normalized spacial score (nSPS) is 13.8. The maximum Gasteiger partial charge on any atom is 0.274 e. The molecule has 0 aromatic carbocycles. The molecule has 0 saturated carbocycles. The number of fused-ring (bicyclic) bond motifs is 1. The van der Waals surface area contributed by atoms with Gasteiger partial charge in [0.05, 0.1) is 0 Å². The summed E-state index contributed by atoms with van der Waals surface area (Å²) in [7, 11) is -7.46. The molecule has 0 fully saturated rings. The molecule has 0 amide bonds. The molecule has 3 rings (SSSR count). The lowest BCUT2D eigenvalue weighted by atomic mass is 10.2. The summed E-state index contributed by atoms with van der Waals surface area (Å²) >= 11 is 5.79. The molecule has 3 aromatic heterocycles. The Morgan fingerprint density at radius 2 is 1.78 bits per heavy atom. The summed E-state index contributed by atoms with van der Waals surface area (Å²) in [6, 6.07) is 5.31. The summed E-state index contributed by atoms with van der Waals surface area (Å²) < 4.78 is 51.1. The van der Waals surface area contributed by atoms with Gasteiger partial charge in [-0.15, -0.1) is 0 Å². The summed E-state index contributed by atoms with van der Waals surface area (Å²) in [6.07, 6.45) is 3.30. The molecule has 144 valence electrons. The van der Waals surface area contributed by atoms with E-state index in [1.807, 2.05) is 0 Å². The highest BCUT2D eigenvalue weighted by molar-refractivity contribution is 7.91. The first-order valence-corrected chi connectivity index (χ1v) is 11.7. The number of nitrogens with zero attached hydrogens (tertiary/aromatic N) is 4. The Kier molecular flexibility index (Phi) is 4.65. The molecule has 0 saturated heterocycles. The highest BCUT2D eigenvalue weighted by Gasteiger charge is 2.29. The molecule has 0 aliphatic heterocycles. The second-order valence-corrected chi connectivity index (χ2v) is 10.6. The third-order valence-corrected chi connectivity index (χ3v) is 6.37. The molecule has 12 heteroatoms. The molecule has 9 nitrogen and oxygen atoms in total. The van der Waals surface area contributed by atoms with Gasteiger partial charge in [-0.2, -0.15) is 9.61 Å². The maximum absolute atomic E-state index is 12.6. The van der Waals surface area contributed by atoms with Gasteiger partial charge in [-0.05, 0) is 13.0 Å². The van der Waals surface area contributed by atoms with Gasteiger partial charge >= 0.3 is 0 Å². The molecule has 0 radical (unpaired) electrons. The van der Waals surface area contributed by atoms with Crippen molar-refractivity contribution in [3.8, 4) is 0 Å². The van der Waals surface area contributed by atoms with Crippen molar-refractivity contribution < 1.29 is 16.8 Å². The van der Waals surface area contributed by atoms with Gasteiger partial charge in [0.2, 0.25) is 0 Å². The molecule has 3 aromatic rings. The van der Waals surface area contributed by atoms with Crippen LogP contribution in [-0.2, 0) is 19.7 Å². The summed E-state index contributed by atoms with van der Waals surface area (Å²) in [5.74, 6) is 0. The van der Waals surface area contributed by atoms with Gasteiger partial charge < -0.3 is 4.57 Å². The van der Waals surface area contributed by atoms with Crippen molar-refractivity contribution in [1.29, 1.82) is 0 Å². The Balaban J connectivity index is 2.44. The number of hydrogen-bond donors (Lipinski definition) is 0. The van der Waals surface area contributed by atoms with E-state index in [-0.39, 0.29) is 15.8 Å². The van der Waals surface area contributed by atoms with E-state index in [9.17, 15) is 21.6 Å². The predicted octanol–water partition coefficient (Wildman–Crippen LogP) is 0.848. The van der Waals surface area contributed by atoms with E-state index < -0.39 is 30.6 Å². The van der Waals surface area contributed by atoms with Gasteiger partial charge in [0.15, 0.2) is 30.1 Å². The van der Waals surface area contributed by atoms with E-state index >= 15 is 0 Å². The van der Waals surface area contributed by atoms with E-state index in [0.717, 1.165) is 17.0 Å². The number of aryl methyl sites for hydroxylation is 1. The number of rotatable bonds is 4. The first-order valence-electron chi connectivity index (χ1n) is 7.52. The van der Waals surface area contributed by atoms with Crippen LogP contribution in [0.5, 0.6) is 0 Å². The number of hydrogen-bond acceptors (Lipinski definition) is 7. The standard InChI is InChI=1S/C15H15ClN4O5S2/c1-9-6-14(21)20-13(7-12(18-20)26(2,22)23)19(9)15(27(3,24)25)10-4-5-11(16)17-8-10/h4-8,15H,1-3H3. The molecule has 0 N–H and O–H groups in total. The van der Waals surface area contributed by atoms with Gasteiger partial charge in [-0.1, -0.05) is 17.7 Å². The number of sulfone groups is 2. The van der Waals surface area contributed by atoms with Crippen LogP contribution in [0.3, 0.4) is 0 Å². The van der Waals surface area contributed by atoms with Crippen LogP contribution >= 0.6 is 11.6 Å². The monoisotopic (exact) mass is 430 g/mol. The Bertz CT molecular complexity index is 1310. The minimum absolute atomic E-state index is 0.0331. The van der Waals surface area contributed by atoms with E-state index in [1.54, 1.807) is 6.92 Å². The highest BCUT2D eigenvalue weighted by Crippen LogP contribution is 2.28. The molecule has 0 bridgehead atoms. The summed E-state index contributed by atoms with van der Waals surface area (Å²) in [5, 5.41) is 2.42. The number of pyridine rings is 1. The summed E-state index contributed by atoms with van der Waals surface area (Å²) in [4.78, 5) is 16.2. The van der Waals surface area contributed by atoms with E-state index in [1.165, 1.54) is 35.0 Å². The molecule has 1 atom stereocenters. The minimum atomic E-state index is -3.75. The lowest BCUT2D eigenvalue weighted by Crippen LogP contribution is -2.27. The molecule has 3 heterocycles. The fourth-order valence-corrected chi connectivity index (χ4v) is 4.73. The van der Waals surface area contributed by atoms with Gasteiger partial charge in [-0.3, -0.25) is 4.79 Å². The molecule has 0 aliphatic rings. The largest absolute Gasteiger partial charge is 0.308 e. The van der Waals surface area contributed by atoms with Crippen molar-refractivity contribution in [1.82, 2.24) is 19.2 Å². The minimum Gasteiger partial charge on any atom is -0.308 e. The van der Waals surface area contributed by atoms with Crippen LogP contribution in [0.4, 0.5) is 0 Å². The topological polar surface area (TPSA) is 120 Å². The Morgan fingerprint density at radius 3 is 2.30 bits per heavy atom. The van der Waals surface area contributed by atoms with Crippen molar-refractivity contribution >= 4 is 36.9 Å². The van der Waals surface area contributed by atoms with Crippen LogP contribution in [0.2, 0.25) is 5.15 Å². The van der Waals surface area contributed by atoms with Crippen molar-refractivity contribution in [2.45, 2.75) is 17.3 Å². The van der Waals surface area contributed by atoms with Gasteiger partial charge in [0.25, 0.3) is 5.56 Å². The molecular formula is C15H15ClN4O5S2.